The summed E-state index contributed by atoms with van der Waals surface area (Å²) >= 11 is 1.17. The third kappa shape index (κ3) is 5.08. The molecule has 3 aromatic rings. The number of aromatic nitrogens is 3. The second-order valence-electron chi connectivity index (χ2n) is 5.91. The van der Waals surface area contributed by atoms with Crippen LogP contribution in [0, 0.1) is 13.5 Å². The number of anilines is 1. The van der Waals surface area contributed by atoms with Crippen LogP contribution in [-0.2, 0) is 9.36 Å². The molecule has 156 valence electrons. The summed E-state index contributed by atoms with van der Waals surface area (Å²) in [5.41, 5.74) is 2.33. The average molecular weight is 449 g/mol. The van der Waals surface area contributed by atoms with Crippen molar-refractivity contribution in [3.63, 3.8) is 0 Å². The van der Waals surface area contributed by atoms with Crippen molar-refractivity contribution in [1.82, 2.24) is 15.0 Å². The SMILES string of the molecule is [C-]#[N+]c1ncc2[nH]c(SCC(=O)Nc3ccc(OP(=O)(O)O)c(OC)c3)nc2c1C. The first kappa shape index (κ1) is 21.6. The maximum absolute atomic E-state index is 12.3. The van der Waals surface area contributed by atoms with Crippen LogP contribution in [0.2, 0.25) is 0 Å². The molecule has 30 heavy (non-hydrogen) atoms. The molecule has 0 aliphatic carbocycles. The fourth-order valence-electron chi connectivity index (χ4n) is 2.53. The van der Waals surface area contributed by atoms with Gasteiger partial charge in [-0.2, -0.15) is 0 Å². The number of aromatic amines is 1. The zero-order valence-electron chi connectivity index (χ0n) is 15.7. The first-order valence-corrected chi connectivity index (χ1v) is 10.8. The van der Waals surface area contributed by atoms with Crippen LogP contribution in [0.25, 0.3) is 15.9 Å². The van der Waals surface area contributed by atoms with Gasteiger partial charge in [0.2, 0.25) is 5.91 Å². The molecule has 0 fully saturated rings. The lowest BCUT2D eigenvalue weighted by molar-refractivity contribution is -0.113. The fraction of sp³-hybridized carbons (Fsp3) is 0.176. The minimum absolute atomic E-state index is 0.0467. The molecule has 3 rings (SSSR count). The Balaban J connectivity index is 1.66. The third-order valence-electron chi connectivity index (χ3n) is 3.83. The summed E-state index contributed by atoms with van der Waals surface area (Å²) in [5.74, 6) is -0.0976. The van der Waals surface area contributed by atoms with Gasteiger partial charge in [-0.3, -0.25) is 14.6 Å². The van der Waals surface area contributed by atoms with Gasteiger partial charge in [0.15, 0.2) is 16.7 Å². The summed E-state index contributed by atoms with van der Waals surface area (Å²) in [6, 6.07) is 4.10. The third-order valence-corrected chi connectivity index (χ3v) is 5.13. The van der Waals surface area contributed by atoms with E-state index < -0.39 is 7.82 Å². The Morgan fingerprint density at radius 3 is 2.83 bits per heavy atom. The zero-order chi connectivity index (χ0) is 21.9. The number of hydrogen-bond donors (Lipinski definition) is 4. The maximum atomic E-state index is 12.3. The predicted octanol–water partition coefficient (Wildman–Crippen LogP) is 3.03. The van der Waals surface area contributed by atoms with E-state index in [0.717, 1.165) is 0 Å². The number of nitrogens with zero attached hydrogens (tertiary/aromatic N) is 3. The van der Waals surface area contributed by atoms with Crippen LogP contribution >= 0.6 is 19.6 Å². The highest BCUT2D eigenvalue weighted by atomic mass is 32.2. The summed E-state index contributed by atoms with van der Waals surface area (Å²) in [7, 11) is -3.43. The molecule has 0 bridgehead atoms. The first-order valence-electron chi connectivity index (χ1n) is 8.29. The number of methoxy groups -OCH3 is 1. The lowest BCUT2D eigenvalue weighted by Crippen LogP contribution is -2.14. The topological polar surface area (TPSA) is 151 Å². The van der Waals surface area contributed by atoms with Crippen LogP contribution in [0.3, 0.4) is 0 Å². The Kier molecular flexibility index (Phi) is 6.28. The van der Waals surface area contributed by atoms with E-state index in [1.54, 1.807) is 6.92 Å². The number of hydrogen-bond acceptors (Lipinski definition) is 7. The number of rotatable bonds is 7. The number of nitrogens with one attached hydrogen (secondary N) is 2. The Labute approximate surface area is 174 Å². The lowest BCUT2D eigenvalue weighted by Gasteiger charge is -2.12. The number of imidazole rings is 1. The smallest absolute Gasteiger partial charge is 0.493 e. The van der Waals surface area contributed by atoms with Crippen molar-refractivity contribution in [3.05, 3.63) is 41.4 Å². The molecule has 2 heterocycles. The van der Waals surface area contributed by atoms with Gasteiger partial charge in [-0.05, 0) is 19.1 Å². The van der Waals surface area contributed by atoms with E-state index in [2.05, 4.69) is 29.6 Å². The molecule has 0 saturated carbocycles. The van der Waals surface area contributed by atoms with Gasteiger partial charge in [0.1, 0.15) is 11.7 Å². The second-order valence-corrected chi connectivity index (χ2v) is 8.03. The summed E-state index contributed by atoms with van der Waals surface area (Å²) in [5, 5.41) is 3.17. The van der Waals surface area contributed by atoms with Crippen molar-refractivity contribution < 1.29 is 28.4 Å². The molecule has 0 atom stereocenters. The number of fused-ring (bicyclic) bond motifs is 1. The number of H-pyrrole nitrogens is 1. The molecule has 0 aliphatic heterocycles. The van der Waals surface area contributed by atoms with Gasteiger partial charge in [-0.15, -0.1) is 4.98 Å². The standard InChI is InChI=1S/C17H16N5O6PS/c1-9-15-11(7-19-16(9)18-2)21-17(22-15)30-8-14(23)20-10-4-5-12(13(6-10)27-3)28-29(24,25)26/h4-7H,8H2,1,3H3,(H,20,23)(H,21,22)(H2,24,25,26). The van der Waals surface area contributed by atoms with Crippen molar-refractivity contribution >= 4 is 48.0 Å². The highest BCUT2D eigenvalue weighted by Gasteiger charge is 2.19. The largest absolute Gasteiger partial charge is 0.524 e. The lowest BCUT2D eigenvalue weighted by atomic mass is 10.2. The van der Waals surface area contributed by atoms with E-state index in [1.807, 2.05) is 0 Å². The number of amides is 1. The van der Waals surface area contributed by atoms with Gasteiger partial charge < -0.3 is 24.4 Å². The Morgan fingerprint density at radius 2 is 2.17 bits per heavy atom. The number of carbonyl (C=O) groups is 1. The summed E-state index contributed by atoms with van der Waals surface area (Å²) in [6.07, 6.45) is 1.53. The van der Waals surface area contributed by atoms with Crippen molar-refractivity contribution in [2.45, 2.75) is 12.1 Å². The molecule has 0 saturated heterocycles. The summed E-state index contributed by atoms with van der Waals surface area (Å²) < 4.78 is 20.6. The number of phosphoric ester groups is 1. The molecule has 0 spiro atoms. The number of pyridine rings is 1. The van der Waals surface area contributed by atoms with E-state index >= 15 is 0 Å². The fourth-order valence-corrected chi connectivity index (χ4v) is 3.62. The first-order chi connectivity index (χ1) is 14.2. The highest BCUT2D eigenvalue weighted by molar-refractivity contribution is 7.99. The van der Waals surface area contributed by atoms with Crippen molar-refractivity contribution in [1.29, 1.82) is 0 Å². The predicted molar refractivity (Wildman–Crippen MR) is 110 cm³/mol. The molecule has 1 aromatic carbocycles. The van der Waals surface area contributed by atoms with Gasteiger partial charge in [-0.1, -0.05) is 18.3 Å². The minimum atomic E-state index is -4.74. The van der Waals surface area contributed by atoms with Crippen molar-refractivity contribution in [2.75, 3.05) is 18.2 Å². The summed E-state index contributed by atoms with van der Waals surface area (Å²) in [4.78, 5) is 44.9. The van der Waals surface area contributed by atoms with E-state index in [0.29, 0.717) is 27.4 Å². The Morgan fingerprint density at radius 1 is 1.40 bits per heavy atom. The van der Waals surface area contributed by atoms with Crippen LogP contribution in [0.5, 0.6) is 11.5 Å². The van der Waals surface area contributed by atoms with Gasteiger partial charge in [-0.25, -0.2) is 9.55 Å². The van der Waals surface area contributed by atoms with Gasteiger partial charge in [0.25, 0.3) is 5.82 Å². The molecule has 13 heteroatoms. The molecule has 4 N–H and O–H groups in total. The van der Waals surface area contributed by atoms with Gasteiger partial charge in [0.05, 0.1) is 18.4 Å². The van der Waals surface area contributed by atoms with E-state index in [9.17, 15) is 9.36 Å². The highest BCUT2D eigenvalue weighted by Crippen LogP contribution is 2.42. The van der Waals surface area contributed by atoms with Gasteiger partial charge in [0, 0.05) is 17.3 Å². The van der Waals surface area contributed by atoms with Crippen molar-refractivity contribution in [3.8, 4) is 11.5 Å². The van der Waals surface area contributed by atoms with Crippen LogP contribution in [-0.4, -0.2) is 43.5 Å². The van der Waals surface area contributed by atoms with Crippen LogP contribution in [0.15, 0.2) is 29.6 Å². The van der Waals surface area contributed by atoms with Crippen LogP contribution in [0.4, 0.5) is 11.5 Å². The molecule has 2 aromatic heterocycles. The molecular formula is C17H16N5O6PS. The minimum Gasteiger partial charge on any atom is -0.493 e. The molecule has 0 unspecified atom stereocenters. The average Bonchev–Trinajstić information content (AvgIpc) is 3.11. The van der Waals surface area contributed by atoms with Gasteiger partial charge >= 0.3 is 7.82 Å². The zero-order valence-corrected chi connectivity index (χ0v) is 17.5. The molecule has 11 nitrogen and oxygen atoms in total. The molecule has 0 radical (unpaired) electrons. The number of carbonyl (C=O) groups excluding carboxylic acids is 1. The number of phosphoric acid groups is 1. The number of aryl methyl sites for hydroxylation is 1. The molecular weight excluding hydrogens is 433 g/mol. The summed E-state index contributed by atoms with van der Waals surface area (Å²) in [6.45, 7) is 8.87. The normalized spacial score (nSPS) is 11.2. The van der Waals surface area contributed by atoms with E-state index in [1.165, 1.54) is 43.3 Å². The number of thioether (sulfide) groups is 1. The Bertz CT molecular complexity index is 1200. The van der Waals surface area contributed by atoms with Crippen molar-refractivity contribution in [2.24, 2.45) is 0 Å². The molecule has 0 aliphatic rings. The Hall–Kier alpha value is -3.10. The monoisotopic (exact) mass is 449 g/mol. The number of benzene rings is 1. The quantitative estimate of drug-likeness (QED) is 0.242. The van der Waals surface area contributed by atoms with E-state index in [4.69, 9.17) is 21.1 Å². The maximum Gasteiger partial charge on any atom is 0.524 e. The van der Waals surface area contributed by atoms with Crippen LogP contribution < -0.4 is 14.6 Å². The van der Waals surface area contributed by atoms with Crippen LogP contribution in [0.1, 0.15) is 5.56 Å². The molecule has 1 amide bonds. The number of ether oxygens (including phenoxy) is 1. The second kappa shape index (κ2) is 8.73. The van der Waals surface area contributed by atoms with E-state index in [-0.39, 0.29) is 29.0 Å².